The van der Waals surface area contributed by atoms with Gasteiger partial charge in [-0.2, -0.15) is 9.50 Å². The summed E-state index contributed by atoms with van der Waals surface area (Å²) in [6.45, 7) is 0.256. The van der Waals surface area contributed by atoms with Crippen LogP contribution in [0.15, 0.2) is 60.8 Å². The van der Waals surface area contributed by atoms with Gasteiger partial charge in [0, 0.05) is 17.3 Å². The number of rotatable bonds is 2. The minimum atomic E-state index is 0.256. The van der Waals surface area contributed by atoms with Gasteiger partial charge < -0.3 is 9.47 Å². The predicted molar refractivity (Wildman–Crippen MR) is 87.8 cm³/mol. The summed E-state index contributed by atoms with van der Waals surface area (Å²) >= 11 is 0. The van der Waals surface area contributed by atoms with Crippen molar-refractivity contribution >= 4 is 5.78 Å². The molecule has 0 bridgehead atoms. The second kappa shape index (κ2) is 5.06. The minimum absolute atomic E-state index is 0.256. The molecule has 0 unspecified atom stereocenters. The van der Waals surface area contributed by atoms with Crippen LogP contribution in [0.25, 0.3) is 28.4 Å². The van der Waals surface area contributed by atoms with Gasteiger partial charge >= 0.3 is 0 Å². The lowest BCUT2D eigenvalue weighted by atomic mass is 10.1. The third kappa shape index (κ3) is 2.00. The number of hydrogen-bond donors (Lipinski definition) is 0. The minimum Gasteiger partial charge on any atom is -0.454 e. The number of hydrogen-bond acceptors (Lipinski definition) is 5. The molecule has 0 saturated heterocycles. The normalized spacial score (nSPS) is 12.7. The van der Waals surface area contributed by atoms with E-state index in [-0.39, 0.29) is 6.79 Å². The van der Waals surface area contributed by atoms with Crippen molar-refractivity contribution in [1.82, 2.24) is 19.6 Å². The van der Waals surface area contributed by atoms with E-state index < -0.39 is 0 Å². The maximum absolute atomic E-state index is 5.46. The molecule has 116 valence electrons. The zero-order valence-electron chi connectivity index (χ0n) is 12.6. The first-order valence-corrected chi connectivity index (χ1v) is 7.56. The van der Waals surface area contributed by atoms with Gasteiger partial charge in [-0.1, -0.05) is 30.3 Å². The van der Waals surface area contributed by atoms with Crippen molar-refractivity contribution in [2.24, 2.45) is 0 Å². The summed E-state index contributed by atoms with van der Waals surface area (Å²) in [6.07, 6.45) is 1.73. The highest BCUT2D eigenvalue weighted by molar-refractivity contribution is 5.67. The first-order valence-electron chi connectivity index (χ1n) is 7.56. The Balaban J connectivity index is 1.68. The number of fused-ring (bicyclic) bond motifs is 2. The van der Waals surface area contributed by atoms with E-state index in [0.717, 1.165) is 28.3 Å². The Bertz CT molecular complexity index is 1040. The van der Waals surface area contributed by atoms with Crippen LogP contribution in [-0.4, -0.2) is 26.4 Å². The van der Waals surface area contributed by atoms with Crippen LogP contribution in [0.1, 0.15) is 0 Å². The quantitative estimate of drug-likeness (QED) is 0.568. The molecule has 24 heavy (non-hydrogen) atoms. The van der Waals surface area contributed by atoms with Crippen LogP contribution in [0, 0.1) is 0 Å². The van der Waals surface area contributed by atoms with Crippen LogP contribution >= 0.6 is 0 Å². The fourth-order valence-corrected chi connectivity index (χ4v) is 2.78. The lowest BCUT2D eigenvalue weighted by Crippen LogP contribution is -1.96. The third-order valence-electron chi connectivity index (χ3n) is 3.94. The van der Waals surface area contributed by atoms with Gasteiger partial charge in [0.05, 0.1) is 5.69 Å². The van der Waals surface area contributed by atoms with Gasteiger partial charge in [0.2, 0.25) is 6.79 Å². The number of aromatic nitrogens is 4. The zero-order valence-corrected chi connectivity index (χ0v) is 12.6. The van der Waals surface area contributed by atoms with E-state index in [1.165, 1.54) is 0 Å². The van der Waals surface area contributed by atoms with Gasteiger partial charge in [0.1, 0.15) is 0 Å². The van der Waals surface area contributed by atoms with Gasteiger partial charge in [-0.25, -0.2) is 4.98 Å². The van der Waals surface area contributed by atoms with Crippen molar-refractivity contribution in [1.29, 1.82) is 0 Å². The monoisotopic (exact) mass is 316 g/mol. The molecule has 6 nitrogen and oxygen atoms in total. The van der Waals surface area contributed by atoms with Crippen molar-refractivity contribution in [2.75, 3.05) is 6.79 Å². The molecule has 0 amide bonds. The average Bonchev–Trinajstić information content (AvgIpc) is 3.28. The van der Waals surface area contributed by atoms with Crippen molar-refractivity contribution in [3.05, 3.63) is 60.8 Å². The Morgan fingerprint density at radius 1 is 0.875 bits per heavy atom. The lowest BCUT2D eigenvalue weighted by molar-refractivity contribution is 0.174. The molecule has 3 heterocycles. The molecule has 1 aliphatic heterocycles. The Morgan fingerprint density at radius 3 is 2.67 bits per heavy atom. The van der Waals surface area contributed by atoms with Crippen molar-refractivity contribution in [3.63, 3.8) is 0 Å². The molecule has 0 aliphatic carbocycles. The van der Waals surface area contributed by atoms with E-state index in [0.29, 0.717) is 11.6 Å². The van der Waals surface area contributed by atoms with E-state index in [2.05, 4.69) is 15.1 Å². The highest BCUT2D eigenvalue weighted by Crippen LogP contribution is 2.35. The van der Waals surface area contributed by atoms with E-state index in [4.69, 9.17) is 9.47 Å². The Morgan fingerprint density at radius 2 is 1.75 bits per heavy atom. The molecule has 2 aromatic carbocycles. The molecular formula is C18H12N4O2. The molecular weight excluding hydrogens is 304 g/mol. The highest BCUT2D eigenvalue weighted by Gasteiger charge is 2.16. The Kier molecular flexibility index (Phi) is 2.75. The number of benzene rings is 2. The Hall–Kier alpha value is -3.41. The van der Waals surface area contributed by atoms with Crippen molar-refractivity contribution in [2.45, 2.75) is 0 Å². The average molecular weight is 316 g/mol. The molecule has 0 atom stereocenters. The molecule has 0 radical (unpaired) electrons. The standard InChI is InChI=1S/C18H12N4O2/c1-2-4-12(5-3-1)17-20-18-19-9-8-14(22(18)21-17)13-6-7-15-16(10-13)24-11-23-15/h1-10H,11H2. The first-order chi connectivity index (χ1) is 11.9. The van der Waals surface area contributed by atoms with Crippen LogP contribution in [0.4, 0.5) is 0 Å². The van der Waals surface area contributed by atoms with Crippen LogP contribution in [0.3, 0.4) is 0 Å². The fourth-order valence-electron chi connectivity index (χ4n) is 2.78. The SMILES string of the molecule is c1ccc(-c2nc3nccc(-c4ccc5c(c4)OCO5)n3n2)cc1. The first kappa shape index (κ1) is 13.1. The topological polar surface area (TPSA) is 61.5 Å². The van der Waals surface area contributed by atoms with Crippen LogP contribution in [-0.2, 0) is 0 Å². The molecule has 4 aromatic rings. The maximum atomic E-state index is 5.46. The fraction of sp³-hybridized carbons (Fsp3) is 0.0556. The second-order valence-electron chi connectivity index (χ2n) is 5.41. The van der Waals surface area contributed by atoms with E-state index in [1.54, 1.807) is 10.7 Å². The lowest BCUT2D eigenvalue weighted by Gasteiger charge is -2.04. The molecule has 5 rings (SSSR count). The molecule has 2 aromatic heterocycles. The summed E-state index contributed by atoms with van der Waals surface area (Å²) in [7, 11) is 0. The largest absolute Gasteiger partial charge is 0.454 e. The molecule has 0 spiro atoms. The van der Waals surface area contributed by atoms with Gasteiger partial charge in [-0.15, -0.1) is 5.10 Å². The van der Waals surface area contributed by atoms with Gasteiger partial charge in [-0.05, 0) is 24.3 Å². The molecule has 6 heteroatoms. The summed E-state index contributed by atoms with van der Waals surface area (Å²) < 4.78 is 12.6. The van der Waals surface area contributed by atoms with E-state index >= 15 is 0 Å². The summed E-state index contributed by atoms with van der Waals surface area (Å²) in [5.41, 5.74) is 2.82. The molecule has 0 N–H and O–H groups in total. The third-order valence-corrected chi connectivity index (χ3v) is 3.94. The predicted octanol–water partition coefficient (Wildman–Crippen LogP) is 3.19. The van der Waals surface area contributed by atoms with E-state index in [1.807, 2.05) is 54.6 Å². The summed E-state index contributed by atoms with van der Waals surface area (Å²) in [6, 6.07) is 17.6. The number of ether oxygens (including phenoxy) is 2. The number of nitrogens with zero attached hydrogens (tertiary/aromatic N) is 4. The summed E-state index contributed by atoms with van der Waals surface area (Å²) in [4.78, 5) is 8.85. The summed E-state index contributed by atoms with van der Waals surface area (Å²) in [5.74, 6) is 2.70. The van der Waals surface area contributed by atoms with Crippen molar-refractivity contribution in [3.8, 4) is 34.1 Å². The van der Waals surface area contributed by atoms with E-state index in [9.17, 15) is 0 Å². The van der Waals surface area contributed by atoms with Crippen LogP contribution in [0.2, 0.25) is 0 Å². The molecule has 1 aliphatic rings. The van der Waals surface area contributed by atoms with Crippen LogP contribution < -0.4 is 9.47 Å². The Labute approximate surface area is 137 Å². The highest BCUT2D eigenvalue weighted by atomic mass is 16.7. The molecule has 0 fully saturated rings. The van der Waals surface area contributed by atoms with Crippen molar-refractivity contribution < 1.29 is 9.47 Å². The van der Waals surface area contributed by atoms with Gasteiger partial charge in [0.15, 0.2) is 17.3 Å². The van der Waals surface area contributed by atoms with Gasteiger partial charge in [-0.3, -0.25) is 0 Å². The smallest absolute Gasteiger partial charge is 0.253 e. The second-order valence-corrected chi connectivity index (χ2v) is 5.41. The van der Waals surface area contributed by atoms with Crippen LogP contribution in [0.5, 0.6) is 11.5 Å². The zero-order chi connectivity index (χ0) is 15.9. The summed E-state index contributed by atoms with van der Waals surface area (Å²) in [5, 5.41) is 4.62. The maximum Gasteiger partial charge on any atom is 0.253 e. The molecule has 0 saturated carbocycles. The van der Waals surface area contributed by atoms with Gasteiger partial charge in [0.25, 0.3) is 5.78 Å².